The van der Waals surface area contributed by atoms with Gasteiger partial charge in [-0.1, -0.05) is 12.1 Å². The van der Waals surface area contributed by atoms with E-state index in [4.69, 9.17) is 5.73 Å². The standard InChI is InChI=1S/C18H22N4O4/c19-15(23)12-6-10-21(11-7-12)18(26)20-8-3-9-22-16(24)13-4-1-2-5-14(13)17(22)25/h1-2,4-5,12H,3,6-11H2,(H2,19,23)(H,20,26). The van der Waals surface area contributed by atoms with Crippen LogP contribution in [0.1, 0.15) is 40.0 Å². The molecule has 2 aliphatic rings. The minimum Gasteiger partial charge on any atom is -0.369 e. The summed E-state index contributed by atoms with van der Waals surface area (Å²) in [6, 6.07) is 6.56. The van der Waals surface area contributed by atoms with Gasteiger partial charge in [0.05, 0.1) is 11.1 Å². The zero-order valence-corrected chi connectivity index (χ0v) is 14.4. The van der Waals surface area contributed by atoms with Gasteiger partial charge in [-0.2, -0.15) is 0 Å². The molecule has 3 N–H and O–H groups in total. The summed E-state index contributed by atoms with van der Waals surface area (Å²) in [5.74, 6) is -1.05. The van der Waals surface area contributed by atoms with Gasteiger partial charge in [-0.05, 0) is 31.4 Å². The molecule has 2 heterocycles. The van der Waals surface area contributed by atoms with Gasteiger partial charge in [0, 0.05) is 32.1 Å². The average molecular weight is 358 g/mol. The molecule has 0 radical (unpaired) electrons. The van der Waals surface area contributed by atoms with Gasteiger partial charge >= 0.3 is 6.03 Å². The lowest BCUT2D eigenvalue weighted by Gasteiger charge is -2.30. The van der Waals surface area contributed by atoms with Crippen molar-refractivity contribution < 1.29 is 19.2 Å². The van der Waals surface area contributed by atoms with Crippen LogP contribution in [0.2, 0.25) is 0 Å². The van der Waals surface area contributed by atoms with Gasteiger partial charge in [0.1, 0.15) is 0 Å². The minimum atomic E-state index is -0.314. The number of benzene rings is 1. The second-order valence-corrected chi connectivity index (χ2v) is 6.56. The Bertz CT molecular complexity index is 705. The van der Waals surface area contributed by atoms with Crippen molar-refractivity contribution in [2.24, 2.45) is 11.7 Å². The third-order valence-corrected chi connectivity index (χ3v) is 4.90. The molecule has 138 valence electrons. The molecule has 26 heavy (non-hydrogen) atoms. The number of likely N-dealkylation sites (tertiary alicyclic amines) is 1. The third-order valence-electron chi connectivity index (χ3n) is 4.90. The molecular formula is C18H22N4O4. The first-order chi connectivity index (χ1) is 12.5. The third kappa shape index (κ3) is 3.54. The highest BCUT2D eigenvalue weighted by Crippen LogP contribution is 2.22. The van der Waals surface area contributed by atoms with Crippen molar-refractivity contribution in [3.05, 3.63) is 35.4 Å². The molecule has 1 saturated heterocycles. The zero-order valence-electron chi connectivity index (χ0n) is 14.4. The fourth-order valence-corrected chi connectivity index (χ4v) is 3.35. The first-order valence-corrected chi connectivity index (χ1v) is 8.76. The number of urea groups is 1. The Morgan fingerprint density at radius 3 is 2.19 bits per heavy atom. The molecule has 2 aliphatic heterocycles. The molecule has 0 unspecified atom stereocenters. The van der Waals surface area contributed by atoms with Crippen molar-refractivity contribution >= 4 is 23.8 Å². The van der Waals surface area contributed by atoms with Crippen molar-refractivity contribution in [3.8, 4) is 0 Å². The zero-order chi connectivity index (χ0) is 18.7. The van der Waals surface area contributed by atoms with Crippen LogP contribution in [0.4, 0.5) is 4.79 Å². The van der Waals surface area contributed by atoms with Crippen LogP contribution in [-0.2, 0) is 4.79 Å². The maximum atomic E-state index is 12.2. The molecular weight excluding hydrogens is 336 g/mol. The molecule has 5 amide bonds. The van der Waals surface area contributed by atoms with E-state index in [2.05, 4.69) is 5.32 Å². The Labute approximate surface area is 151 Å². The number of piperidine rings is 1. The van der Waals surface area contributed by atoms with Crippen molar-refractivity contribution in [3.63, 3.8) is 0 Å². The predicted molar refractivity (Wildman–Crippen MR) is 93.3 cm³/mol. The number of primary amides is 1. The highest BCUT2D eigenvalue weighted by Gasteiger charge is 2.34. The number of fused-ring (bicyclic) bond motifs is 1. The Morgan fingerprint density at radius 2 is 1.65 bits per heavy atom. The fourth-order valence-electron chi connectivity index (χ4n) is 3.35. The Balaban J connectivity index is 1.41. The maximum absolute atomic E-state index is 12.2. The molecule has 8 nitrogen and oxygen atoms in total. The smallest absolute Gasteiger partial charge is 0.317 e. The topological polar surface area (TPSA) is 113 Å². The predicted octanol–water partition coefficient (Wildman–Crippen LogP) is 0.580. The molecule has 1 aromatic carbocycles. The summed E-state index contributed by atoms with van der Waals surface area (Å²) in [5.41, 5.74) is 6.14. The summed E-state index contributed by atoms with van der Waals surface area (Å²) in [6.07, 6.45) is 1.64. The lowest BCUT2D eigenvalue weighted by Crippen LogP contribution is -2.46. The van der Waals surface area contributed by atoms with E-state index in [1.54, 1.807) is 29.2 Å². The summed E-state index contributed by atoms with van der Waals surface area (Å²) >= 11 is 0. The van der Waals surface area contributed by atoms with Crippen LogP contribution in [0.3, 0.4) is 0 Å². The molecule has 0 saturated carbocycles. The molecule has 0 aliphatic carbocycles. The SMILES string of the molecule is NC(=O)C1CCN(C(=O)NCCCN2C(=O)c3ccccc3C2=O)CC1. The van der Waals surface area contributed by atoms with Gasteiger partial charge in [0.25, 0.3) is 11.8 Å². The highest BCUT2D eigenvalue weighted by atomic mass is 16.2. The minimum absolute atomic E-state index is 0.159. The number of carbonyl (C=O) groups is 4. The van der Waals surface area contributed by atoms with E-state index in [0.29, 0.717) is 50.0 Å². The Morgan fingerprint density at radius 1 is 1.08 bits per heavy atom. The van der Waals surface area contributed by atoms with Gasteiger partial charge in [0.2, 0.25) is 5.91 Å². The van der Waals surface area contributed by atoms with E-state index in [-0.39, 0.29) is 36.2 Å². The van der Waals surface area contributed by atoms with Crippen LogP contribution in [0.5, 0.6) is 0 Å². The molecule has 0 bridgehead atoms. The van der Waals surface area contributed by atoms with Gasteiger partial charge < -0.3 is 16.0 Å². The van der Waals surface area contributed by atoms with E-state index in [9.17, 15) is 19.2 Å². The number of imide groups is 1. The van der Waals surface area contributed by atoms with Crippen molar-refractivity contribution in [1.82, 2.24) is 15.1 Å². The number of nitrogens with two attached hydrogens (primary N) is 1. The molecule has 0 atom stereocenters. The number of nitrogens with one attached hydrogen (secondary N) is 1. The van der Waals surface area contributed by atoms with Crippen LogP contribution in [0, 0.1) is 5.92 Å². The van der Waals surface area contributed by atoms with Gasteiger partial charge in [-0.15, -0.1) is 0 Å². The van der Waals surface area contributed by atoms with Crippen LogP contribution in [0.25, 0.3) is 0 Å². The number of rotatable bonds is 5. The lowest BCUT2D eigenvalue weighted by atomic mass is 9.96. The first-order valence-electron chi connectivity index (χ1n) is 8.76. The molecule has 1 fully saturated rings. The normalized spacial score (nSPS) is 17.4. The number of hydrogen-bond acceptors (Lipinski definition) is 4. The monoisotopic (exact) mass is 358 g/mol. The van der Waals surface area contributed by atoms with Gasteiger partial charge in [-0.3, -0.25) is 19.3 Å². The van der Waals surface area contributed by atoms with E-state index < -0.39 is 0 Å². The van der Waals surface area contributed by atoms with Gasteiger partial charge in [0.15, 0.2) is 0 Å². The number of hydrogen-bond donors (Lipinski definition) is 2. The largest absolute Gasteiger partial charge is 0.369 e. The number of amides is 5. The van der Waals surface area contributed by atoms with Crippen LogP contribution in [0.15, 0.2) is 24.3 Å². The average Bonchev–Trinajstić information content (AvgIpc) is 2.90. The quantitative estimate of drug-likeness (QED) is 0.592. The van der Waals surface area contributed by atoms with E-state index in [1.165, 1.54) is 4.90 Å². The summed E-state index contributed by atoms with van der Waals surface area (Å²) in [7, 11) is 0. The summed E-state index contributed by atoms with van der Waals surface area (Å²) < 4.78 is 0. The van der Waals surface area contributed by atoms with E-state index in [1.807, 2.05) is 0 Å². The lowest BCUT2D eigenvalue weighted by molar-refractivity contribution is -0.123. The second kappa shape index (κ2) is 7.55. The maximum Gasteiger partial charge on any atom is 0.317 e. The Kier molecular flexibility index (Phi) is 5.20. The Hall–Kier alpha value is -2.90. The molecule has 0 spiro atoms. The number of carbonyl (C=O) groups excluding carboxylic acids is 4. The fraction of sp³-hybridized carbons (Fsp3) is 0.444. The van der Waals surface area contributed by atoms with Crippen LogP contribution >= 0.6 is 0 Å². The summed E-state index contributed by atoms with van der Waals surface area (Å²) in [4.78, 5) is 50.6. The first kappa shape index (κ1) is 17.9. The van der Waals surface area contributed by atoms with Crippen LogP contribution in [-0.4, -0.2) is 59.7 Å². The molecule has 0 aromatic heterocycles. The summed E-state index contributed by atoms with van der Waals surface area (Å²) in [6.45, 7) is 1.62. The molecule has 8 heteroatoms. The second-order valence-electron chi connectivity index (χ2n) is 6.56. The van der Waals surface area contributed by atoms with Crippen molar-refractivity contribution in [2.75, 3.05) is 26.2 Å². The molecule has 3 rings (SSSR count). The van der Waals surface area contributed by atoms with Crippen molar-refractivity contribution in [2.45, 2.75) is 19.3 Å². The van der Waals surface area contributed by atoms with Crippen LogP contribution < -0.4 is 11.1 Å². The molecule has 1 aromatic rings. The van der Waals surface area contributed by atoms with Crippen molar-refractivity contribution in [1.29, 1.82) is 0 Å². The van der Waals surface area contributed by atoms with Gasteiger partial charge in [-0.25, -0.2) is 4.79 Å². The summed E-state index contributed by atoms with van der Waals surface area (Å²) in [5, 5.41) is 2.79. The highest BCUT2D eigenvalue weighted by molar-refractivity contribution is 6.21. The van der Waals surface area contributed by atoms with E-state index >= 15 is 0 Å². The van der Waals surface area contributed by atoms with E-state index in [0.717, 1.165) is 0 Å². The number of nitrogens with zero attached hydrogens (tertiary/aromatic N) is 2.